The summed E-state index contributed by atoms with van der Waals surface area (Å²) in [5.74, 6) is 0.930. The molecule has 0 radical (unpaired) electrons. The molecule has 16 heavy (non-hydrogen) atoms. The first-order chi connectivity index (χ1) is 7.45. The minimum atomic E-state index is 0.483. The van der Waals surface area contributed by atoms with Crippen LogP contribution in [0.3, 0.4) is 0 Å². The Morgan fingerprint density at radius 3 is 2.19 bits per heavy atom. The molecule has 2 atom stereocenters. The molecule has 0 spiro atoms. The number of unbranched alkanes of at least 4 members (excludes halogenated alkanes) is 1. The zero-order valence-electron chi connectivity index (χ0n) is 12.4. The lowest BCUT2D eigenvalue weighted by atomic mass is 9.76. The molecule has 0 aromatic heterocycles. The Labute approximate surface area is 103 Å². The van der Waals surface area contributed by atoms with Crippen molar-refractivity contribution in [3.05, 3.63) is 0 Å². The van der Waals surface area contributed by atoms with Crippen LogP contribution in [0.2, 0.25) is 0 Å². The lowest BCUT2D eigenvalue weighted by Gasteiger charge is -2.32. The molecule has 0 rings (SSSR count). The van der Waals surface area contributed by atoms with Crippen molar-refractivity contribution >= 4 is 0 Å². The van der Waals surface area contributed by atoms with Gasteiger partial charge in [0.1, 0.15) is 0 Å². The first-order valence-corrected chi connectivity index (χ1v) is 7.12. The molecule has 0 saturated carbocycles. The summed E-state index contributed by atoms with van der Waals surface area (Å²) in [5, 5.41) is 3.36. The van der Waals surface area contributed by atoms with Crippen LogP contribution >= 0.6 is 0 Å². The Morgan fingerprint density at radius 1 is 1.12 bits per heavy atom. The number of hydrogen-bond acceptors (Lipinski definition) is 1. The van der Waals surface area contributed by atoms with Gasteiger partial charge in [0, 0.05) is 6.04 Å². The quantitative estimate of drug-likeness (QED) is 0.606. The van der Waals surface area contributed by atoms with Gasteiger partial charge in [-0.05, 0) is 38.1 Å². The molecular weight excluding hydrogens is 194 g/mol. The predicted octanol–water partition coefficient (Wildman–Crippen LogP) is 4.62. The van der Waals surface area contributed by atoms with Crippen molar-refractivity contribution in [2.75, 3.05) is 7.05 Å². The third-order valence-corrected chi connectivity index (χ3v) is 3.74. The van der Waals surface area contributed by atoms with Gasteiger partial charge < -0.3 is 5.32 Å². The zero-order valence-corrected chi connectivity index (χ0v) is 12.4. The predicted molar refractivity (Wildman–Crippen MR) is 74.8 cm³/mol. The second-order valence-corrected chi connectivity index (χ2v) is 6.18. The van der Waals surface area contributed by atoms with Crippen LogP contribution in [0.1, 0.15) is 73.1 Å². The normalized spacial score (nSPS) is 16.1. The molecule has 0 aliphatic heterocycles. The first-order valence-electron chi connectivity index (χ1n) is 7.12. The third-order valence-electron chi connectivity index (χ3n) is 3.74. The Kier molecular flexibility index (Phi) is 8.09. The molecule has 0 aromatic carbocycles. The van der Waals surface area contributed by atoms with Crippen molar-refractivity contribution in [3.63, 3.8) is 0 Å². The number of nitrogens with one attached hydrogen (secondary N) is 1. The number of hydrogen-bond donors (Lipinski definition) is 1. The van der Waals surface area contributed by atoms with E-state index in [1.165, 1.54) is 38.5 Å². The smallest absolute Gasteiger partial charge is 0.00408 e. The molecule has 0 saturated heterocycles. The first kappa shape index (κ1) is 16.0. The van der Waals surface area contributed by atoms with Crippen LogP contribution in [0.15, 0.2) is 0 Å². The highest BCUT2D eigenvalue weighted by Gasteiger charge is 2.24. The van der Waals surface area contributed by atoms with E-state index in [1.807, 2.05) is 0 Å². The molecule has 1 nitrogen and oxygen atoms in total. The van der Waals surface area contributed by atoms with E-state index in [0.29, 0.717) is 11.5 Å². The Morgan fingerprint density at radius 2 is 1.75 bits per heavy atom. The van der Waals surface area contributed by atoms with Gasteiger partial charge in [0.15, 0.2) is 0 Å². The van der Waals surface area contributed by atoms with Gasteiger partial charge in [0.2, 0.25) is 0 Å². The van der Waals surface area contributed by atoms with E-state index >= 15 is 0 Å². The van der Waals surface area contributed by atoms with Crippen molar-refractivity contribution in [1.82, 2.24) is 5.32 Å². The van der Waals surface area contributed by atoms with Gasteiger partial charge in [-0.25, -0.2) is 0 Å². The molecular formula is C15H33N. The minimum absolute atomic E-state index is 0.483. The summed E-state index contributed by atoms with van der Waals surface area (Å²) >= 11 is 0. The van der Waals surface area contributed by atoms with Gasteiger partial charge in [-0.3, -0.25) is 0 Å². The summed E-state index contributed by atoms with van der Waals surface area (Å²) in [4.78, 5) is 0. The summed E-state index contributed by atoms with van der Waals surface area (Å²) in [5.41, 5.74) is 0.483. The minimum Gasteiger partial charge on any atom is -0.317 e. The van der Waals surface area contributed by atoms with E-state index < -0.39 is 0 Å². The van der Waals surface area contributed by atoms with E-state index in [0.717, 1.165) is 5.92 Å². The SMILES string of the molecule is CCCCC(CC)CC(C)(C)CC(C)NC. The fourth-order valence-electron chi connectivity index (χ4n) is 2.74. The third kappa shape index (κ3) is 7.27. The van der Waals surface area contributed by atoms with Crippen LogP contribution in [0, 0.1) is 11.3 Å². The van der Waals surface area contributed by atoms with Gasteiger partial charge in [-0.2, -0.15) is 0 Å². The van der Waals surface area contributed by atoms with Gasteiger partial charge >= 0.3 is 0 Å². The second-order valence-electron chi connectivity index (χ2n) is 6.18. The molecule has 1 heteroatoms. The summed E-state index contributed by atoms with van der Waals surface area (Å²) < 4.78 is 0. The Bertz CT molecular complexity index is 163. The highest BCUT2D eigenvalue weighted by Crippen LogP contribution is 2.33. The van der Waals surface area contributed by atoms with Crippen molar-refractivity contribution in [2.24, 2.45) is 11.3 Å². The van der Waals surface area contributed by atoms with E-state index in [9.17, 15) is 0 Å². The zero-order chi connectivity index (χ0) is 12.6. The molecule has 0 heterocycles. The van der Waals surface area contributed by atoms with Gasteiger partial charge in [-0.15, -0.1) is 0 Å². The van der Waals surface area contributed by atoms with E-state index in [-0.39, 0.29) is 0 Å². The van der Waals surface area contributed by atoms with Crippen molar-refractivity contribution in [3.8, 4) is 0 Å². The summed E-state index contributed by atoms with van der Waals surface area (Å²) in [7, 11) is 2.06. The van der Waals surface area contributed by atoms with E-state index in [1.54, 1.807) is 0 Å². The maximum absolute atomic E-state index is 3.36. The lowest BCUT2D eigenvalue weighted by Crippen LogP contribution is -2.29. The fourth-order valence-corrected chi connectivity index (χ4v) is 2.74. The topological polar surface area (TPSA) is 12.0 Å². The molecule has 0 fully saturated rings. The lowest BCUT2D eigenvalue weighted by molar-refractivity contribution is 0.213. The monoisotopic (exact) mass is 227 g/mol. The van der Waals surface area contributed by atoms with Crippen LogP contribution < -0.4 is 5.32 Å². The van der Waals surface area contributed by atoms with Crippen molar-refractivity contribution in [2.45, 2.75) is 79.2 Å². The average Bonchev–Trinajstić information content (AvgIpc) is 2.23. The summed E-state index contributed by atoms with van der Waals surface area (Å²) in [6.45, 7) is 11.8. The Balaban J connectivity index is 4.08. The van der Waals surface area contributed by atoms with Crippen LogP contribution in [-0.4, -0.2) is 13.1 Å². The van der Waals surface area contributed by atoms with Crippen LogP contribution in [0.25, 0.3) is 0 Å². The van der Waals surface area contributed by atoms with Crippen LogP contribution in [0.4, 0.5) is 0 Å². The molecule has 1 N–H and O–H groups in total. The van der Waals surface area contributed by atoms with E-state index in [2.05, 4.69) is 47.0 Å². The van der Waals surface area contributed by atoms with E-state index in [4.69, 9.17) is 0 Å². The van der Waals surface area contributed by atoms with Crippen LogP contribution in [-0.2, 0) is 0 Å². The maximum atomic E-state index is 3.36. The van der Waals surface area contributed by atoms with Gasteiger partial charge in [0.25, 0.3) is 0 Å². The standard InChI is InChI=1S/C15H33N/c1-7-9-10-14(8-2)12-15(4,5)11-13(3)16-6/h13-14,16H,7-12H2,1-6H3. The molecule has 0 aromatic rings. The highest BCUT2D eigenvalue weighted by molar-refractivity contribution is 4.77. The van der Waals surface area contributed by atoms with Crippen molar-refractivity contribution in [1.29, 1.82) is 0 Å². The molecule has 98 valence electrons. The Hall–Kier alpha value is -0.0400. The highest BCUT2D eigenvalue weighted by atomic mass is 14.9. The second kappa shape index (κ2) is 8.11. The molecule has 0 aliphatic carbocycles. The number of rotatable bonds is 9. The van der Waals surface area contributed by atoms with Gasteiger partial charge in [0.05, 0.1) is 0 Å². The molecule has 0 amide bonds. The molecule has 0 bridgehead atoms. The maximum Gasteiger partial charge on any atom is 0.00408 e. The fraction of sp³-hybridized carbons (Fsp3) is 1.00. The molecule has 0 aliphatic rings. The largest absolute Gasteiger partial charge is 0.317 e. The van der Waals surface area contributed by atoms with Crippen molar-refractivity contribution < 1.29 is 0 Å². The summed E-state index contributed by atoms with van der Waals surface area (Å²) in [6.07, 6.45) is 8.17. The molecule has 2 unspecified atom stereocenters. The average molecular weight is 227 g/mol. The summed E-state index contributed by atoms with van der Waals surface area (Å²) in [6, 6.07) is 0.638. The van der Waals surface area contributed by atoms with Crippen LogP contribution in [0.5, 0.6) is 0 Å². The van der Waals surface area contributed by atoms with Gasteiger partial charge in [-0.1, -0.05) is 53.4 Å².